The van der Waals surface area contributed by atoms with Crippen LogP contribution in [0.25, 0.3) is 0 Å². The van der Waals surface area contributed by atoms with Gasteiger partial charge in [-0.15, -0.1) is 11.3 Å². The number of thiophene rings is 1. The van der Waals surface area contributed by atoms with Gasteiger partial charge in [0.15, 0.2) is 6.04 Å². The van der Waals surface area contributed by atoms with Crippen LogP contribution in [-0.4, -0.2) is 66.1 Å². The Morgan fingerprint density at radius 3 is 2.59 bits per heavy atom. The lowest BCUT2D eigenvalue weighted by Gasteiger charge is -2.32. The fraction of sp³-hybridized carbons (Fsp3) is 0.440. The highest BCUT2D eigenvalue weighted by Gasteiger charge is 2.48. The maximum absolute atomic E-state index is 14.0. The number of nitrogens with one attached hydrogen (secondary N) is 2. The molecule has 0 unspecified atom stereocenters. The Hall–Kier alpha value is -3.81. The largest absolute Gasteiger partial charge is 0.490 e. The molecule has 2 heterocycles. The standard InChI is InChI=1S/C25H28F3N5O5S/c1-12-13(2)39-18-9-32(19(25(26,27)28)11-38-21(12)18)20(34)10-33(23(29)36)22(35)17-6-4-14-8-15(5-7-16(14)17)31-24(37)30-3/h5,7-8,17,19H,4,6,9-11H2,1-3H3,(H2,29,36)(H2,30,31,37)/t17-,19-/m0/s1. The molecule has 1 aromatic heterocycles. The molecule has 4 N–H and O–H groups in total. The van der Waals surface area contributed by atoms with Crippen LogP contribution in [0.4, 0.5) is 28.4 Å². The molecule has 0 bridgehead atoms. The van der Waals surface area contributed by atoms with Crippen molar-refractivity contribution in [2.24, 2.45) is 5.73 Å². The van der Waals surface area contributed by atoms with E-state index in [4.69, 9.17) is 10.5 Å². The van der Waals surface area contributed by atoms with Gasteiger partial charge in [0.05, 0.1) is 17.3 Å². The van der Waals surface area contributed by atoms with E-state index in [-0.39, 0.29) is 6.54 Å². The first-order chi connectivity index (χ1) is 18.3. The fourth-order valence-electron chi connectivity index (χ4n) is 4.84. The number of alkyl halides is 3. The number of amides is 6. The summed E-state index contributed by atoms with van der Waals surface area (Å²) in [7, 11) is 1.47. The number of fused-ring (bicyclic) bond motifs is 2. The van der Waals surface area contributed by atoms with E-state index in [0.717, 1.165) is 10.4 Å². The smallest absolute Gasteiger partial charge is 0.412 e. The summed E-state index contributed by atoms with van der Waals surface area (Å²) in [6.45, 7) is 1.39. The van der Waals surface area contributed by atoms with Crippen LogP contribution in [-0.2, 0) is 22.6 Å². The van der Waals surface area contributed by atoms with Crippen LogP contribution < -0.4 is 21.1 Å². The number of anilines is 1. The van der Waals surface area contributed by atoms with Crippen LogP contribution in [0, 0.1) is 13.8 Å². The quantitative estimate of drug-likeness (QED) is 0.521. The van der Waals surface area contributed by atoms with Gasteiger partial charge in [-0.25, -0.2) is 9.59 Å². The molecule has 2 aromatic rings. The molecule has 0 radical (unpaired) electrons. The maximum atomic E-state index is 14.0. The SMILES string of the molecule is CNC(=O)Nc1ccc2c(c1)CC[C@@H]2C(=O)N(CC(=O)N1Cc2sc(C)c(C)c2OC[C@H]1C(F)(F)F)C(N)=O. The number of urea groups is 2. The van der Waals surface area contributed by atoms with Gasteiger partial charge in [-0.2, -0.15) is 13.2 Å². The van der Waals surface area contributed by atoms with Gasteiger partial charge in [-0.1, -0.05) is 6.07 Å². The monoisotopic (exact) mass is 567 g/mol. The van der Waals surface area contributed by atoms with Gasteiger partial charge in [0, 0.05) is 23.2 Å². The number of rotatable bonds is 4. The third-order valence-corrected chi connectivity index (χ3v) is 8.17. The van der Waals surface area contributed by atoms with Gasteiger partial charge in [0.2, 0.25) is 11.8 Å². The molecule has 2 atom stereocenters. The molecule has 39 heavy (non-hydrogen) atoms. The van der Waals surface area contributed by atoms with Crippen LogP contribution in [0.15, 0.2) is 18.2 Å². The van der Waals surface area contributed by atoms with Crippen molar-refractivity contribution < 1.29 is 37.1 Å². The highest BCUT2D eigenvalue weighted by Crippen LogP contribution is 2.40. The first-order valence-corrected chi connectivity index (χ1v) is 12.9. The zero-order valence-corrected chi connectivity index (χ0v) is 22.3. The molecule has 1 aliphatic heterocycles. The predicted molar refractivity (Wildman–Crippen MR) is 137 cm³/mol. The molecule has 2 aliphatic rings. The Kier molecular flexibility index (Phi) is 7.77. The number of carbonyl (C=O) groups excluding carboxylic acids is 4. The van der Waals surface area contributed by atoms with E-state index < -0.39 is 55.2 Å². The summed E-state index contributed by atoms with van der Waals surface area (Å²) < 4.78 is 47.4. The molecule has 1 aromatic carbocycles. The summed E-state index contributed by atoms with van der Waals surface area (Å²) in [5.74, 6) is -2.36. The summed E-state index contributed by atoms with van der Waals surface area (Å²) in [5, 5.41) is 5.06. The van der Waals surface area contributed by atoms with Crippen LogP contribution in [0.1, 0.15) is 38.8 Å². The number of ether oxygens (including phenoxy) is 1. The third-order valence-electron chi connectivity index (χ3n) is 7.00. The molecule has 1 aliphatic carbocycles. The van der Waals surface area contributed by atoms with Crippen molar-refractivity contribution >= 4 is 40.9 Å². The Morgan fingerprint density at radius 2 is 1.95 bits per heavy atom. The zero-order valence-electron chi connectivity index (χ0n) is 21.5. The van der Waals surface area contributed by atoms with Crippen molar-refractivity contribution in [3.63, 3.8) is 0 Å². The van der Waals surface area contributed by atoms with E-state index in [0.29, 0.717) is 50.1 Å². The van der Waals surface area contributed by atoms with Crippen LogP contribution in [0.3, 0.4) is 0 Å². The topological polar surface area (TPSA) is 134 Å². The average Bonchev–Trinajstić information content (AvgIpc) is 3.32. The van der Waals surface area contributed by atoms with Crippen LogP contribution in [0.5, 0.6) is 5.75 Å². The van der Waals surface area contributed by atoms with E-state index in [1.807, 2.05) is 0 Å². The molecule has 210 valence electrons. The lowest BCUT2D eigenvalue weighted by Crippen LogP contribution is -2.55. The average molecular weight is 568 g/mol. The van der Waals surface area contributed by atoms with Crippen molar-refractivity contribution in [3.8, 4) is 5.75 Å². The van der Waals surface area contributed by atoms with Crippen molar-refractivity contribution in [1.29, 1.82) is 0 Å². The van der Waals surface area contributed by atoms with Gasteiger partial charge < -0.3 is 26.0 Å². The van der Waals surface area contributed by atoms with E-state index in [1.165, 1.54) is 18.4 Å². The number of aryl methyl sites for hydroxylation is 2. The minimum Gasteiger partial charge on any atom is -0.490 e. The molecule has 4 rings (SSSR count). The highest BCUT2D eigenvalue weighted by molar-refractivity contribution is 7.12. The summed E-state index contributed by atoms with van der Waals surface area (Å²) in [6.07, 6.45) is -4.05. The normalized spacial score (nSPS) is 18.4. The van der Waals surface area contributed by atoms with Gasteiger partial charge in [0.1, 0.15) is 18.9 Å². The molecule has 6 amide bonds. The van der Waals surface area contributed by atoms with Crippen molar-refractivity contribution in [2.45, 2.75) is 51.4 Å². The first-order valence-electron chi connectivity index (χ1n) is 12.1. The Labute approximate surface area is 226 Å². The molecule has 0 saturated carbocycles. The van der Waals surface area contributed by atoms with Gasteiger partial charge in [0.25, 0.3) is 0 Å². The Bertz CT molecular complexity index is 1330. The zero-order chi connectivity index (χ0) is 28.6. The number of carbonyl (C=O) groups is 4. The van der Waals surface area contributed by atoms with Gasteiger partial charge >= 0.3 is 18.2 Å². The third kappa shape index (κ3) is 5.65. The summed E-state index contributed by atoms with van der Waals surface area (Å²) in [5.41, 5.74) is 8.00. The number of hydrogen-bond acceptors (Lipinski definition) is 6. The number of benzene rings is 1. The number of nitrogens with zero attached hydrogens (tertiary/aromatic N) is 2. The first kappa shape index (κ1) is 28.2. The van der Waals surface area contributed by atoms with E-state index in [1.54, 1.807) is 32.0 Å². The maximum Gasteiger partial charge on any atom is 0.412 e. The number of imide groups is 1. The van der Waals surface area contributed by atoms with Gasteiger partial charge in [-0.3, -0.25) is 14.5 Å². The Balaban J connectivity index is 1.57. The van der Waals surface area contributed by atoms with E-state index in [9.17, 15) is 32.3 Å². The summed E-state index contributed by atoms with van der Waals surface area (Å²) in [4.78, 5) is 53.0. The van der Waals surface area contributed by atoms with Crippen LogP contribution >= 0.6 is 11.3 Å². The summed E-state index contributed by atoms with van der Waals surface area (Å²) >= 11 is 1.23. The summed E-state index contributed by atoms with van der Waals surface area (Å²) in [6, 6.07) is 0.991. The minimum atomic E-state index is -4.81. The number of primary amides is 1. The Morgan fingerprint density at radius 1 is 1.23 bits per heavy atom. The number of nitrogens with two attached hydrogens (primary N) is 1. The number of halogens is 3. The molecule has 0 spiro atoms. The van der Waals surface area contributed by atoms with Crippen molar-refractivity contribution in [3.05, 3.63) is 44.6 Å². The fourth-order valence-corrected chi connectivity index (χ4v) is 5.97. The molecular formula is C25H28F3N5O5S. The van der Waals surface area contributed by atoms with E-state index in [2.05, 4.69) is 10.6 Å². The van der Waals surface area contributed by atoms with Crippen molar-refractivity contribution in [2.75, 3.05) is 25.5 Å². The van der Waals surface area contributed by atoms with E-state index >= 15 is 0 Å². The lowest BCUT2D eigenvalue weighted by molar-refractivity contribution is -0.195. The molecule has 10 nitrogen and oxygen atoms in total. The molecule has 14 heteroatoms. The molecular weight excluding hydrogens is 539 g/mol. The van der Waals surface area contributed by atoms with Crippen LogP contribution in [0.2, 0.25) is 0 Å². The molecule has 0 fully saturated rings. The molecule has 0 saturated heterocycles. The second kappa shape index (κ2) is 10.8. The van der Waals surface area contributed by atoms with Gasteiger partial charge in [-0.05, 0) is 49.9 Å². The lowest BCUT2D eigenvalue weighted by atomic mass is 9.99. The predicted octanol–water partition coefficient (Wildman–Crippen LogP) is 3.41. The second-order valence-corrected chi connectivity index (χ2v) is 10.7. The minimum absolute atomic E-state index is 0.301. The number of hydrogen-bond donors (Lipinski definition) is 3. The second-order valence-electron chi connectivity index (χ2n) is 9.40. The highest BCUT2D eigenvalue weighted by atomic mass is 32.1. The van der Waals surface area contributed by atoms with Crippen molar-refractivity contribution in [1.82, 2.24) is 15.1 Å².